The SMILES string of the molecule is CC1(C)CC(=O)C2=C(C1)Oc1c(O)cccc1C2. The minimum absolute atomic E-state index is 0.0577. The van der Waals surface area contributed by atoms with Gasteiger partial charge in [-0.2, -0.15) is 0 Å². The van der Waals surface area contributed by atoms with E-state index in [1.807, 2.05) is 6.07 Å². The Bertz CT molecular complexity index is 567. The van der Waals surface area contributed by atoms with Gasteiger partial charge < -0.3 is 9.84 Å². The third-order valence-corrected chi connectivity index (χ3v) is 3.62. The van der Waals surface area contributed by atoms with Crippen LogP contribution in [0, 0.1) is 5.41 Å². The molecule has 1 aliphatic carbocycles. The van der Waals surface area contributed by atoms with Gasteiger partial charge >= 0.3 is 0 Å². The summed E-state index contributed by atoms with van der Waals surface area (Å²) in [5.74, 6) is 1.58. The number of hydrogen-bond donors (Lipinski definition) is 1. The molecule has 3 nitrogen and oxygen atoms in total. The summed E-state index contributed by atoms with van der Waals surface area (Å²) in [5.41, 5.74) is 1.62. The predicted molar refractivity (Wildman–Crippen MR) is 67.5 cm³/mol. The highest BCUT2D eigenvalue weighted by atomic mass is 16.5. The Kier molecular flexibility index (Phi) is 2.27. The Balaban J connectivity index is 2.05. The third-order valence-electron chi connectivity index (χ3n) is 3.62. The molecule has 0 atom stereocenters. The highest BCUT2D eigenvalue weighted by Gasteiger charge is 2.37. The van der Waals surface area contributed by atoms with E-state index in [1.54, 1.807) is 12.1 Å². The van der Waals surface area contributed by atoms with Gasteiger partial charge in [0.05, 0.1) is 0 Å². The molecule has 94 valence electrons. The Morgan fingerprint density at radius 2 is 2.06 bits per heavy atom. The van der Waals surface area contributed by atoms with Crippen molar-refractivity contribution < 1.29 is 14.6 Å². The highest BCUT2D eigenvalue weighted by molar-refractivity contribution is 5.98. The Labute approximate surface area is 106 Å². The van der Waals surface area contributed by atoms with Gasteiger partial charge in [0.1, 0.15) is 5.76 Å². The number of ether oxygens (including phenoxy) is 1. The second-order valence-corrected chi connectivity index (χ2v) is 5.89. The van der Waals surface area contributed by atoms with Gasteiger partial charge in [0.25, 0.3) is 0 Å². The van der Waals surface area contributed by atoms with E-state index >= 15 is 0 Å². The van der Waals surface area contributed by atoms with Crippen molar-refractivity contribution in [2.24, 2.45) is 5.41 Å². The monoisotopic (exact) mass is 244 g/mol. The molecule has 0 aromatic heterocycles. The lowest BCUT2D eigenvalue weighted by atomic mass is 9.74. The molecule has 0 spiro atoms. The van der Waals surface area contributed by atoms with Crippen molar-refractivity contribution in [3.05, 3.63) is 35.1 Å². The van der Waals surface area contributed by atoms with Gasteiger partial charge in [-0.05, 0) is 11.5 Å². The summed E-state index contributed by atoms with van der Waals surface area (Å²) in [5, 5.41) is 9.81. The fourth-order valence-corrected chi connectivity index (χ4v) is 2.74. The van der Waals surface area contributed by atoms with Crippen molar-refractivity contribution in [2.45, 2.75) is 33.1 Å². The lowest BCUT2D eigenvalue weighted by Gasteiger charge is -2.34. The predicted octanol–water partition coefficient (Wildman–Crippen LogP) is 2.97. The maximum atomic E-state index is 12.1. The summed E-state index contributed by atoms with van der Waals surface area (Å²) in [6.45, 7) is 4.14. The molecule has 3 heteroatoms. The number of aromatic hydroxyl groups is 1. The number of phenolic OH excluding ortho intramolecular Hbond substituents is 1. The maximum absolute atomic E-state index is 12.1. The first-order valence-corrected chi connectivity index (χ1v) is 6.20. The Hall–Kier alpha value is -1.77. The van der Waals surface area contributed by atoms with Gasteiger partial charge in [0.15, 0.2) is 17.3 Å². The van der Waals surface area contributed by atoms with E-state index in [9.17, 15) is 9.90 Å². The average Bonchev–Trinajstić information content (AvgIpc) is 2.27. The first-order valence-electron chi connectivity index (χ1n) is 6.20. The summed E-state index contributed by atoms with van der Waals surface area (Å²) in [4.78, 5) is 12.1. The number of carbonyl (C=O) groups is 1. The van der Waals surface area contributed by atoms with E-state index in [-0.39, 0.29) is 16.9 Å². The second-order valence-electron chi connectivity index (χ2n) is 5.89. The first-order chi connectivity index (χ1) is 8.46. The first kappa shape index (κ1) is 11.3. The number of carbonyl (C=O) groups excluding carboxylic acids is 1. The van der Waals surface area contributed by atoms with Crippen molar-refractivity contribution in [1.29, 1.82) is 0 Å². The van der Waals surface area contributed by atoms with Crippen LogP contribution >= 0.6 is 0 Å². The minimum atomic E-state index is -0.0577. The van der Waals surface area contributed by atoms with Crippen LogP contribution in [0.5, 0.6) is 11.5 Å². The van der Waals surface area contributed by atoms with Crippen LogP contribution < -0.4 is 4.74 Å². The molecule has 2 aliphatic rings. The molecule has 1 aromatic rings. The molecule has 1 heterocycles. The smallest absolute Gasteiger partial charge is 0.172 e. The number of Topliss-reactive ketones (excluding diaryl/α,β-unsaturated/α-hetero) is 1. The number of ketones is 1. The molecule has 0 fully saturated rings. The molecule has 0 bridgehead atoms. The van der Waals surface area contributed by atoms with Crippen LogP contribution in [0.15, 0.2) is 29.5 Å². The molecule has 0 saturated heterocycles. The van der Waals surface area contributed by atoms with Crippen molar-refractivity contribution in [3.63, 3.8) is 0 Å². The van der Waals surface area contributed by atoms with Gasteiger partial charge in [-0.1, -0.05) is 26.0 Å². The van der Waals surface area contributed by atoms with E-state index in [0.29, 0.717) is 18.6 Å². The lowest BCUT2D eigenvalue weighted by molar-refractivity contribution is -0.118. The number of benzene rings is 1. The zero-order chi connectivity index (χ0) is 12.9. The molecular weight excluding hydrogens is 228 g/mol. The summed E-state index contributed by atoms with van der Waals surface area (Å²) in [6.07, 6.45) is 1.90. The van der Waals surface area contributed by atoms with E-state index in [1.165, 1.54) is 0 Å². The molecule has 18 heavy (non-hydrogen) atoms. The number of allylic oxidation sites excluding steroid dienone is 2. The standard InChI is InChI=1S/C15H16O3/c1-15(2)7-12(17)10-6-9-4-3-5-11(16)14(9)18-13(10)8-15/h3-5,16H,6-8H2,1-2H3. The fourth-order valence-electron chi connectivity index (χ4n) is 2.74. The van der Waals surface area contributed by atoms with E-state index in [0.717, 1.165) is 23.3 Å². The summed E-state index contributed by atoms with van der Waals surface area (Å²) < 4.78 is 5.78. The summed E-state index contributed by atoms with van der Waals surface area (Å²) in [7, 11) is 0. The number of hydrogen-bond acceptors (Lipinski definition) is 3. The number of phenols is 1. The second kappa shape index (κ2) is 3.61. The van der Waals surface area contributed by atoms with Crippen LogP contribution in [-0.4, -0.2) is 10.9 Å². The molecule has 0 radical (unpaired) electrons. The minimum Gasteiger partial charge on any atom is -0.504 e. The molecule has 0 amide bonds. The molecule has 1 N–H and O–H groups in total. The van der Waals surface area contributed by atoms with Gasteiger partial charge in [-0.25, -0.2) is 0 Å². The molecule has 0 unspecified atom stereocenters. The molecule has 1 aromatic carbocycles. The summed E-state index contributed by atoms with van der Waals surface area (Å²) >= 11 is 0. The molecule has 1 aliphatic heterocycles. The lowest BCUT2D eigenvalue weighted by Crippen LogP contribution is -2.30. The normalized spacial score (nSPS) is 21.1. The molecular formula is C15H16O3. The number of rotatable bonds is 0. The van der Waals surface area contributed by atoms with Gasteiger partial charge in [-0.3, -0.25) is 4.79 Å². The molecule has 0 saturated carbocycles. The van der Waals surface area contributed by atoms with Crippen molar-refractivity contribution in [1.82, 2.24) is 0 Å². The van der Waals surface area contributed by atoms with E-state index in [2.05, 4.69) is 13.8 Å². The Morgan fingerprint density at radius 1 is 1.28 bits per heavy atom. The molecule has 3 rings (SSSR count). The van der Waals surface area contributed by atoms with Crippen LogP contribution in [0.3, 0.4) is 0 Å². The average molecular weight is 244 g/mol. The van der Waals surface area contributed by atoms with E-state index < -0.39 is 0 Å². The largest absolute Gasteiger partial charge is 0.504 e. The van der Waals surface area contributed by atoms with Gasteiger partial charge in [0, 0.05) is 30.4 Å². The maximum Gasteiger partial charge on any atom is 0.172 e. The fraction of sp³-hybridized carbons (Fsp3) is 0.400. The highest BCUT2D eigenvalue weighted by Crippen LogP contribution is 2.44. The zero-order valence-electron chi connectivity index (χ0n) is 10.6. The zero-order valence-corrected chi connectivity index (χ0v) is 10.6. The quantitative estimate of drug-likeness (QED) is 0.763. The van der Waals surface area contributed by atoms with Gasteiger partial charge in [-0.15, -0.1) is 0 Å². The van der Waals surface area contributed by atoms with Crippen LogP contribution in [0.25, 0.3) is 0 Å². The van der Waals surface area contributed by atoms with Crippen molar-refractivity contribution >= 4 is 5.78 Å². The van der Waals surface area contributed by atoms with Crippen LogP contribution in [0.1, 0.15) is 32.3 Å². The van der Waals surface area contributed by atoms with Crippen molar-refractivity contribution in [2.75, 3.05) is 0 Å². The van der Waals surface area contributed by atoms with E-state index in [4.69, 9.17) is 4.74 Å². The van der Waals surface area contributed by atoms with Crippen LogP contribution in [-0.2, 0) is 11.2 Å². The number of para-hydroxylation sites is 1. The topological polar surface area (TPSA) is 46.5 Å². The van der Waals surface area contributed by atoms with Crippen molar-refractivity contribution in [3.8, 4) is 11.5 Å². The third kappa shape index (κ3) is 1.70. The summed E-state index contributed by atoms with van der Waals surface area (Å²) in [6, 6.07) is 5.28. The Morgan fingerprint density at radius 3 is 2.83 bits per heavy atom. The van der Waals surface area contributed by atoms with Crippen LogP contribution in [0.4, 0.5) is 0 Å². The number of fused-ring (bicyclic) bond motifs is 1. The van der Waals surface area contributed by atoms with Crippen LogP contribution in [0.2, 0.25) is 0 Å². The van der Waals surface area contributed by atoms with Gasteiger partial charge in [0.2, 0.25) is 0 Å².